The molecule has 1 aromatic carbocycles. The van der Waals surface area contributed by atoms with Gasteiger partial charge in [-0.1, -0.05) is 11.6 Å². The first-order valence-corrected chi connectivity index (χ1v) is 11.1. The molecule has 1 aromatic heterocycles. The molecule has 1 saturated heterocycles. The number of hydrogen-bond donors (Lipinski definition) is 3. The highest BCUT2D eigenvalue weighted by Gasteiger charge is 2.39. The Kier molecular flexibility index (Phi) is 4.81. The molecule has 2 fully saturated rings. The summed E-state index contributed by atoms with van der Waals surface area (Å²) in [6.07, 6.45) is 3.59. The van der Waals surface area contributed by atoms with Gasteiger partial charge in [-0.25, -0.2) is 17.8 Å². The van der Waals surface area contributed by atoms with Gasteiger partial charge in [-0.05, 0) is 43.4 Å². The second-order valence-electron chi connectivity index (χ2n) is 6.62. The summed E-state index contributed by atoms with van der Waals surface area (Å²) in [7, 11) is -4.09. The van der Waals surface area contributed by atoms with Crippen LogP contribution in [0.25, 0.3) is 0 Å². The van der Waals surface area contributed by atoms with Gasteiger partial charge < -0.3 is 10.6 Å². The average molecular weight is 417 g/mol. The SMILES string of the molecule is O=S(=O)(Nc1nccs1)c1cc(Cl)c(NC2CCC3CNCC32)cc1F. The number of anilines is 2. The van der Waals surface area contributed by atoms with Crippen molar-refractivity contribution in [3.8, 4) is 0 Å². The summed E-state index contributed by atoms with van der Waals surface area (Å²) >= 11 is 7.37. The smallest absolute Gasteiger partial charge is 0.266 e. The van der Waals surface area contributed by atoms with Crippen LogP contribution < -0.4 is 15.4 Å². The van der Waals surface area contributed by atoms with Crippen molar-refractivity contribution in [2.45, 2.75) is 23.8 Å². The molecule has 10 heteroatoms. The lowest BCUT2D eigenvalue weighted by Crippen LogP contribution is -2.28. The molecule has 3 unspecified atom stereocenters. The van der Waals surface area contributed by atoms with Gasteiger partial charge in [-0.2, -0.15) is 0 Å². The summed E-state index contributed by atoms with van der Waals surface area (Å²) in [6, 6.07) is 2.52. The molecule has 0 bridgehead atoms. The Morgan fingerprint density at radius 1 is 1.31 bits per heavy atom. The van der Waals surface area contributed by atoms with Crippen LogP contribution in [0.15, 0.2) is 28.6 Å². The van der Waals surface area contributed by atoms with Crippen molar-refractivity contribution < 1.29 is 12.8 Å². The van der Waals surface area contributed by atoms with E-state index in [-0.39, 0.29) is 16.2 Å². The molecule has 2 aliphatic rings. The van der Waals surface area contributed by atoms with Crippen molar-refractivity contribution in [3.05, 3.63) is 34.5 Å². The second-order valence-corrected chi connectivity index (χ2v) is 9.57. The Hall–Kier alpha value is -1.42. The summed E-state index contributed by atoms with van der Waals surface area (Å²) in [4.78, 5) is 3.36. The quantitative estimate of drug-likeness (QED) is 0.697. The number of hydrogen-bond acceptors (Lipinski definition) is 6. The van der Waals surface area contributed by atoms with E-state index in [9.17, 15) is 12.8 Å². The van der Waals surface area contributed by atoms with E-state index in [1.54, 1.807) is 5.38 Å². The van der Waals surface area contributed by atoms with E-state index in [1.165, 1.54) is 6.20 Å². The first kappa shape index (κ1) is 18.0. The normalized spacial score (nSPS) is 25.2. The van der Waals surface area contributed by atoms with Crippen molar-refractivity contribution in [3.63, 3.8) is 0 Å². The average Bonchev–Trinajstić information content (AvgIpc) is 3.29. The molecule has 0 amide bonds. The van der Waals surface area contributed by atoms with Crippen LogP contribution in [0.4, 0.5) is 15.2 Å². The molecule has 0 radical (unpaired) electrons. The number of thiazole rings is 1. The maximum atomic E-state index is 14.5. The molecule has 26 heavy (non-hydrogen) atoms. The van der Waals surface area contributed by atoms with Crippen LogP contribution in [-0.2, 0) is 10.0 Å². The number of nitrogens with zero attached hydrogens (tertiary/aromatic N) is 1. The third-order valence-electron chi connectivity index (χ3n) is 5.06. The van der Waals surface area contributed by atoms with Crippen LogP contribution in [0.1, 0.15) is 12.8 Å². The van der Waals surface area contributed by atoms with Gasteiger partial charge in [0.15, 0.2) is 5.13 Å². The van der Waals surface area contributed by atoms with Gasteiger partial charge >= 0.3 is 0 Å². The van der Waals surface area contributed by atoms with Gasteiger partial charge in [0.1, 0.15) is 10.7 Å². The van der Waals surface area contributed by atoms with Crippen LogP contribution in [0, 0.1) is 17.7 Å². The molecular weight excluding hydrogens is 399 g/mol. The molecule has 3 atom stereocenters. The van der Waals surface area contributed by atoms with Gasteiger partial charge in [-0.3, -0.25) is 4.72 Å². The lowest BCUT2D eigenvalue weighted by atomic mass is 9.97. The van der Waals surface area contributed by atoms with Crippen LogP contribution in [0.3, 0.4) is 0 Å². The van der Waals surface area contributed by atoms with Crippen molar-refractivity contribution in [2.24, 2.45) is 11.8 Å². The van der Waals surface area contributed by atoms with Crippen LogP contribution in [0.5, 0.6) is 0 Å². The Balaban J connectivity index is 1.57. The molecular formula is C16H18ClFN4O2S2. The lowest BCUT2D eigenvalue weighted by Gasteiger charge is -2.22. The lowest BCUT2D eigenvalue weighted by molar-refractivity contribution is 0.469. The van der Waals surface area contributed by atoms with Crippen molar-refractivity contribution >= 4 is 43.8 Å². The zero-order valence-corrected chi connectivity index (χ0v) is 16.1. The second kappa shape index (κ2) is 6.95. The Morgan fingerprint density at radius 2 is 2.15 bits per heavy atom. The zero-order chi connectivity index (χ0) is 18.3. The third kappa shape index (κ3) is 3.40. The highest BCUT2D eigenvalue weighted by Crippen LogP contribution is 2.38. The first-order valence-electron chi connectivity index (χ1n) is 8.32. The predicted octanol–water partition coefficient (Wildman–Crippen LogP) is 3.15. The van der Waals surface area contributed by atoms with E-state index in [0.717, 1.165) is 49.4 Å². The zero-order valence-electron chi connectivity index (χ0n) is 13.7. The molecule has 2 heterocycles. The van der Waals surface area contributed by atoms with Crippen LogP contribution in [0.2, 0.25) is 5.02 Å². The molecule has 6 nitrogen and oxygen atoms in total. The van der Waals surface area contributed by atoms with E-state index in [0.29, 0.717) is 17.5 Å². The monoisotopic (exact) mass is 416 g/mol. The minimum atomic E-state index is -4.09. The van der Waals surface area contributed by atoms with E-state index in [2.05, 4.69) is 20.3 Å². The van der Waals surface area contributed by atoms with Crippen LogP contribution >= 0.6 is 22.9 Å². The van der Waals surface area contributed by atoms with Crippen molar-refractivity contribution in [1.82, 2.24) is 10.3 Å². The minimum absolute atomic E-state index is 0.174. The molecule has 3 N–H and O–H groups in total. The minimum Gasteiger partial charge on any atom is -0.381 e. The number of aromatic nitrogens is 1. The largest absolute Gasteiger partial charge is 0.381 e. The summed E-state index contributed by atoms with van der Waals surface area (Å²) in [5.41, 5.74) is 0.426. The number of rotatable bonds is 5. The molecule has 2 aromatic rings. The van der Waals surface area contributed by atoms with E-state index in [4.69, 9.17) is 11.6 Å². The Morgan fingerprint density at radius 3 is 2.92 bits per heavy atom. The van der Waals surface area contributed by atoms with Gasteiger partial charge in [0.05, 0.1) is 10.7 Å². The fourth-order valence-corrected chi connectivity index (χ4v) is 5.97. The van der Waals surface area contributed by atoms with Gasteiger partial charge in [0, 0.05) is 24.2 Å². The molecule has 4 rings (SSSR count). The summed E-state index contributed by atoms with van der Waals surface area (Å²) in [6.45, 7) is 1.96. The van der Waals surface area contributed by atoms with E-state index >= 15 is 0 Å². The predicted molar refractivity (Wildman–Crippen MR) is 101 cm³/mol. The standard InChI is InChI=1S/C16H18ClFN4O2S2/c17-11-5-15(26(23,24)22-16-20-3-4-25-16)12(18)6-14(11)21-13-2-1-9-7-19-8-10(9)13/h3-6,9-10,13,19,21H,1-2,7-8H2,(H,20,22). The third-order valence-corrected chi connectivity index (χ3v) is 7.55. The number of benzene rings is 1. The van der Waals surface area contributed by atoms with Crippen molar-refractivity contribution in [1.29, 1.82) is 0 Å². The molecule has 1 aliphatic heterocycles. The maximum absolute atomic E-state index is 14.5. The maximum Gasteiger partial charge on any atom is 0.266 e. The first-order chi connectivity index (χ1) is 12.4. The fourth-order valence-electron chi connectivity index (χ4n) is 3.82. The summed E-state index contributed by atoms with van der Waals surface area (Å²) < 4.78 is 41.6. The molecule has 140 valence electrons. The highest BCUT2D eigenvalue weighted by molar-refractivity contribution is 7.93. The fraction of sp³-hybridized carbons (Fsp3) is 0.438. The molecule has 0 spiro atoms. The topological polar surface area (TPSA) is 83.1 Å². The molecule has 1 aliphatic carbocycles. The number of sulfonamides is 1. The number of nitrogens with one attached hydrogen (secondary N) is 3. The van der Waals surface area contributed by atoms with Crippen molar-refractivity contribution in [2.75, 3.05) is 23.1 Å². The number of halogens is 2. The van der Waals surface area contributed by atoms with E-state index < -0.39 is 20.7 Å². The van der Waals surface area contributed by atoms with Crippen LogP contribution in [-0.4, -0.2) is 32.5 Å². The Labute approximate surface area is 160 Å². The number of fused-ring (bicyclic) bond motifs is 1. The molecule has 1 saturated carbocycles. The van der Waals surface area contributed by atoms with Gasteiger partial charge in [0.2, 0.25) is 0 Å². The van der Waals surface area contributed by atoms with Gasteiger partial charge in [0.25, 0.3) is 10.0 Å². The van der Waals surface area contributed by atoms with Gasteiger partial charge in [-0.15, -0.1) is 11.3 Å². The van der Waals surface area contributed by atoms with E-state index in [1.807, 2.05) is 0 Å². The highest BCUT2D eigenvalue weighted by atomic mass is 35.5. The summed E-state index contributed by atoms with van der Waals surface area (Å²) in [5, 5.41) is 8.67. The summed E-state index contributed by atoms with van der Waals surface area (Å²) in [5.74, 6) is 0.280. The Bertz CT molecular complexity index is 907.